The molecular weight excluding hydrogens is 386 g/mol. The summed E-state index contributed by atoms with van der Waals surface area (Å²) in [6.07, 6.45) is 0. The Kier molecular flexibility index (Phi) is 5.89. The molecule has 0 aliphatic heterocycles. The van der Waals surface area contributed by atoms with Crippen molar-refractivity contribution in [3.63, 3.8) is 0 Å². The second-order valence-corrected chi connectivity index (χ2v) is 8.29. The maximum atomic E-state index is 12.2. The lowest BCUT2D eigenvalue weighted by Crippen LogP contribution is -2.14. The Morgan fingerprint density at radius 3 is 2.32 bits per heavy atom. The quantitative estimate of drug-likeness (QED) is 0.401. The minimum atomic E-state index is -0.00474. The third-order valence-corrected chi connectivity index (χ3v) is 6.19. The largest absolute Gasteiger partial charge is 0.356 e. The van der Waals surface area contributed by atoms with E-state index < -0.39 is 0 Å². The number of carbonyl (C=O) groups excluding carboxylic acids is 1. The molecule has 0 unspecified atom stereocenters. The Hall–Kier alpha value is -2.83. The first-order chi connectivity index (χ1) is 13.8. The van der Waals surface area contributed by atoms with Crippen LogP contribution in [0.1, 0.15) is 5.01 Å². The fraction of sp³-hybridized carbons (Fsp3) is 0.0909. The van der Waals surface area contributed by atoms with E-state index in [9.17, 15) is 4.79 Å². The van der Waals surface area contributed by atoms with Crippen molar-refractivity contribution in [3.8, 4) is 0 Å². The molecule has 6 heteroatoms. The maximum absolute atomic E-state index is 12.2. The summed E-state index contributed by atoms with van der Waals surface area (Å²) in [6, 6.07) is 25.8. The lowest BCUT2D eigenvalue weighted by Gasteiger charge is -2.08. The average molecular weight is 406 g/mol. The van der Waals surface area contributed by atoms with Gasteiger partial charge in [0.2, 0.25) is 5.91 Å². The molecule has 0 fully saturated rings. The number of aromatic nitrogens is 1. The van der Waals surface area contributed by atoms with Gasteiger partial charge in [-0.15, -0.1) is 23.1 Å². The molecule has 0 radical (unpaired) electrons. The van der Waals surface area contributed by atoms with Crippen LogP contribution in [0.4, 0.5) is 17.1 Å². The minimum Gasteiger partial charge on any atom is -0.356 e. The predicted molar refractivity (Wildman–Crippen MR) is 121 cm³/mol. The van der Waals surface area contributed by atoms with Crippen LogP contribution in [0.25, 0.3) is 10.2 Å². The Bertz CT molecular complexity index is 1030. The Morgan fingerprint density at radius 2 is 1.54 bits per heavy atom. The van der Waals surface area contributed by atoms with E-state index in [-0.39, 0.29) is 5.91 Å². The molecule has 0 aliphatic carbocycles. The number of hydrogen-bond donors (Lipinski definition) is 2. The molecule has 0 bridgehead atoms. The van der Waals surface area contributed by atoms with Crippen LogP contribution in [0, 0.1) is 0 Å². The van der Waals surface area contributed by atoms with Crippen molar-refractivity contribution < 1.29 is 4.79 Å². The zero-order valence-electron chi connectivity index (χ0n) is 15.1. The van der Waals surface area contributed by atoms with Crippen molar-refractivity contribution in [1.82, 2.24) is 4.98 Å². The fourth-order valence-electron chi connectivity index (χ4n) is 2.73. The zero-order valence-corrected chi connectivity index (χ0v) is 16.7. The molecule has 2 N–H and O–H groups in total. The molecule has 3 aromatic carbocycles. The minimum absolute atomic E-state index is 0.00474. The molecule has 1 heterocycles. The first kappa shape index (κ1) is 18.5. The summed E-state index contributed by atoms with van der Waals surface area (Å²) in [5.74, 6) is 1.14. The van der Waals surface area contributed by atoms with E-state index in [2.05, 4.69) is 21.7 Å². The van der Waals surface area contributed by atoms with Crippen molar-refractivity contribution in [1.29, 1.82) is 0 Å². The van der Waals surface area contributed by atoms with Gasteiger partial charge in [-0.05, 0) is 48.5 Å². The van der Waals surface area contributed by atoms with Crippen LogP contribution >= 0.6 is 23.1 Å². The molecule has 4 rings (SSSR count). The van der Waals surface area contributed by atoms with E-state index in [4.69, 9.17) is 0 Å². The van der Waals surface area contributed by atoms with Gasteiger partial charge in [0.15, 0.2) is 0 Å². The van der Waals surface area contributed by atoms with Crippen LogP contribution in [-0.2, 0) is 10.5 Å². The molecule has 0 atom stereocenters. The first-order valence-corrected chi connectivity index (χ1v) is 10.9. The topological polar surface area (TPSA) is 54.0 Å². The van der Waals surface area contributed by atoms with Crippen molar-refractivity contribution in [2.75, 3.05) is 16.4 Å². The summed E-state index contributed by atoms with van der Waals surface area (Å²) in [6.45, 7) is 0. The average Bonchev–Trinajstić information content (AvgIpc) is 3.13. The fourth-order valence-corrected chi connectivity index (χ4v) is 4.58. The smallest absolute Gasteiger partial charge is 0.234 e. The number of thioether (sulfide) groups is 1. The molecule has 4 aromatic rings. The van der Waals surface area contributed by atoms with E-state index >= 15 is 0 Å². The normalized spacial score (nSPS) is 10.7. The number of para-hydroxylation sites is 2. The van der Waals surface area contributed by atoms with Crippen molar-refractivity contribution in [2.45, 2.75) is 5.75 Å². The van der Waals surface area contributed by atoms with E-state index in [1.165, 1.54) is 4.70 Å². The van der Waals surface area contributed by atoms with Crippen LogP contribution in [0.5, 0.6) is 0 Å². The highest BCUT2D eigenvalue weighted by Crippen LogP contribution is 2.25. The predicted octanol–water partition coefficient (Wildman–Crippen LogP) is 5.91. The molecule has 140 valence electrons. The molecule has 1 aromatic heterocycles. The molecule has 0 aliphatic rings. The van der Waals surface area contributed by atoms with Crippen molar-refractivity contribution in [2.24, 2.45) is 0 Å². The summed E-state index contributed by atoms with van der Waals surface area (Å²) in [5.41, 5.74) is 3.83. The Labute approximate surface area is 172 Å². The summed E-state index contributed by atoms with van der Waals surface area (Å²) in [7, 11) is 0. The molecular formula is C22H19N3OS2. The van der Waals surface area contributed by atoms with E-state index in [0.717, 1.165) is 33.3 Å². The Morgan fingerprint density at radius 1 is 0.857 bits per heavy atom. The number of benzene rings is 3. The number of fused-ring (bicyclic) bond motifs is 1. The first-order valence-electron chi connectivity index (χ1n) is 8.90. The van der Waals surface area contributed by atoms with Gasteiger partial charge in [0.05, 0.1) is 16.0 Å². The number of anilines is 3. The van der Waals surface area contributed by atoms with Gasteiger partial charge < -0.3 is 10.6 Å². The van der Waals surface area contributed by atoms with Gasteiger partial charge in [0.1, 0.15) is 5.01 Å². The number of hydrogen-bond acceptors (Lipinski definition) is 5. The van der Waals surface area contributed by atoms with Crippen molar-refractivity contribution >= 4 is 56.3 Å². The third kappa shape index (κ3) is 4.91. The second kappa shape index (κ2) is 8.91. The van der Waals surface area contributed by atoms with E-state index in [1.54, 1.807) is 23.1 Å². The summed E-state index contributed by atoms with van der Waals surface area (Å²) < 4.78 is 1.19. The molecule has 0 spiro atoms. The molecule has 0 saturated carbocycles. The summed E-state index contributed by atoms with van der Waals surface area (Å²) in [5, 5.41) is 7.32. The number of thiazole rings is 1. The number of nitrogens with one attached hydrogen (secondary N) is 2. The summed E-state index contributed by atoms with van der Waals surface area (Å²) >= 11 is 3.26. The third-order valence-electron chi connectivity index (χ3n) is 4.03. The van der Waals surface area contributed by atoms with Crippen molar-refractivity contribution in [3.05, 3.63) is 83.9 Å². The van der Waals surface area contributed by atoms with Gasteiger partial charge in [-0.3, -0.25) is 4.79 Å². The number of amides is 1. The van der Waals surface area contributed by atoms with Crippen LogP contribution < -0.4 is 10.6 Å². The molecule has 1 amide bonds. The molecule has 0 saturated heterocycles. The molecule has 4 nitrogen and oxygen atoms in total. The summed E-state index contributed by atoms with van der Waals surface area (Å²) in [4.78, 5) is 16.8. The highest BCUT2D eigenvalue weighted by molar-refractivity contribution is 7.99. The standard InChI is InChI=1S/C22H19N3OS2/c26-21(14-27-15-22-25-19-8-4-5-9-20(19)28-22)24-18-12-10-17(11-13-18)23-16-6-2-1-3-7-16/h1-13,23H,14-15H2,(H,24,26). The maximum Gasteiger partial charge on any atom is 0.234 e. The SMILES string of the molecule is O=C(CSCc1nc2ccccc2s1)Nc1ccc(Nc2ccccc2)cc1. The monoisotopic (exact) mass is 405 g/mol. The second-order valence-electron chi connectivity index (χ2n) is 6.18. The number of nitrogens with zero attached hydrogens (tertiary/aromatic N) is 1. The molecule has 28 heavy (non-hydrogen) atoms. The number of rotatable bonds is 7. The van der Waals surface area contributed by atoms with Crippen LogP contribution in [0.15, 0.2) is 78.9 Å². The van der Waals surface area contributed by atoms with Gasteiger partial charge in [0, 0.05) is 22.8 Å². The van der Waals surface area contributed by atoms with Crippen LogP contribution in [-0.4, -0.2) is 16.6 Å². The van der Waals surface area contributed by atoms with E-state index in [1.807, 2.05) is 72.8 Å². The van der Waals surface area contributed by atoms with Crippen LogP contribution in [0.3, 0.4) is 0 Å². The highest BCUT2D eigenvalue weighted by atomic mass is 32.2. The van der Waals surface area contributed by atoms with Gasteiger partial charge in [-0.1, -0.05) is 30.3 Å². The Balaban J connectivity index is 1.25. The lowest BCUT2D eigenvalue weighted by molar-refractivity contribution is -0.113. The van der Waals surface area contributed by atoms with Crippen LogP contribution in [0.2, 0.25) is 0 Å². The number of carbonyl (C=O) groups is 1. The van der Waals surface area contributed by atoms with Gasteiger partial charge >= 0.3 is 0 Å². The van der Waals surface area contributed by atoms with E-state index in [0.29, 0.717) is 5.75 Å². The lowest BCUT2D eigenvalue weighted by atomic mass is 10.2. The van der Waals surface area contributed by atoms with Gasteiger partial charge in [0.25, 0.3) is 0 Å². The van der Waals surface area contributed by atoms with Gasteiger partial charge in [-0.25, -0.2) is 4.98 Å². The zero-order chi connectivity index (χ0) is 19.2. The van der Waals surface area contributed by atoms with Gasteiger partial charge in [-0.2, -0.15) is 0 Å². The highest BCUT2D eigenvalue weighted by Gasteiger charge is 2.06.